The average molecular weight is 208 g/mol. The number of rotatable bonds is 1. The van der Waals surface area contributed by atoms with E-state index in [1.54, 1.807) is 0 Å². The lowest BCUT2D eigenvalue weighted by Gasteiger charge is -2.37. The van der Waals surface area contributed by atoms with E-state index in [1.807, 2.05) is 0 Å². The Labute approximate surface area is 91.1 Å². The summed E-state index contributed by atoms with van der Waals surface area (Å²) in [5.74, 6) is 1.39. The zero-order chi connectivity index (χ0) is 10.3. The van der Waals surface area contributed by atoms with Crippen LogP contribution in [0.2, 0.25) is 0 Å². The Bertz CT molecular complexity index is 271. The van der Waals surface area contributed by atoms with E-state index in [-0.39, 0.29) is 0 Å². The van der Waals surface area contributed by atoms with Gasteiger partial charge in [-0.1, -0.05) is 11.6 Å². The lowest BCUT2D eigenvalue weighted by atomic mass is 9.91. The minimum absolute atomic E-state index is 0.494. The SMILES string of the molecule is O/N=C1/[C@H]2CC[C@H](C2)[C@@H]1N1CCCCC1. The maximum atomic E-state index is 9.15. The monoisotopic (exact) mass is 208 g/mol. The molecule has 3 heteroatoms. The van der Waals surface area contributed by atoms with Gasteiger partial charge in [0.1, 0.15) is 0 Å². The van der Waals surface area contributed by atoms with Crippen LogP contribution in [0, 0.1) is 11.8 Å². The summed E-state index contributed by atoms with van der Waals surface area (Å²) in [7, 11) is 0. The standard InChI is InChI=1S/C12H20N2O/c15-13-11-9-4-5-10(8-9)12(11)14-6-2-1-3-7-14/h9-10,12,15H,1-8H2/b13-11-/t9-,10+,12-/m0/s1. The lowest BCUT2D eigenvalue weighted by Crippen LogP contribution is -2.47. The van der Waals surface area contributed by atoms with Gasteiger partial charge >= 0.3 is 0 Å². The first-order chi connectivity index (χ1) is 7.40. The molecule has 1 N–H and O–H groups in total. The first kappa shape index (κ1) is 9.64. The minimum Gasteiger partial charge on any atom is -0.411 e. The van der Waals surface area contributed by atoms with Crippen LogP contribution >= 0.6 is 0 Å². The van der Waals surface area contributed by atoms with Crippen LogP contribution in [0.4, 0.5) is 0 Å². The zero-order valence-corrected chi connectivity index (χ0v) is 9.23. The third-order valence-corrected chi connectivity index (χ3v) is 4.54. The van der Waals surface area contributed by atoms with Gasteiger partial charge in [-0.05, 0) is 51.1 Å². The molecule has 15 heavy (non-hydrogen) atoms. The summed E-state index contributed by atoms with van der Waals surface area (Å²) in [4.78, 5) is 2.57. The smallest absolute Gasteiger partial charge is 0.0775 e. The summed E-state index contributed by atoms with van der Waals surface area (Å²) in [5, 5.41) is 12.8. The van der Waals surface area contributed by atoms with Crippen LogP contribution < -0.4 is 0 Å². The molecule has 1 heterocycles. The molecular formula is C12H20N2O. The molecule has 3 rings (SSSR count). The predicted molar refractivity (Wildman–Crippen MR) is 59.3 cm³/mol. The van der Waals surface area contributed by atoms with Gasteiger partial charge in [0.25, 0.3) is 0 Å². The van der Waals surface area contributed by atoms with Crippen molar-refractivity contribution in [2.24, 2.45) is 17.0 Å². The Balaban J connectivity index is 1.79. The van der Waals surface area contributed by atoms with Crippen LogP contribution in [-0.4, -0.2) is 35.0 Å². The van der Waals surface area contributed by atoms with Crippen LogP contribution in [0.5, 0.6) is 0 Å². The second kappa shape index (κ2) is 3.78. The lowest BCUT2D eigenvalue weighted by molar-refractivity contribution is 0.162. The fourth-order valence-electron chi connectivity index (χ4n) is 3.88. The molecule has 3 nitrogen and oxygen atoms in total. The number of piperidine rings is 1. The fourth-order valence-corrected chi connectivity index (χ4v) is 3.88. The maximum absolute atomic E-state index is 9.15. The molecule has 2 saturated carbocycles. The number of likely N-dealkylation sites (tertiary alicyclic amines) is 1. The molecule has 0 amide bonds. The first-order valence-electron chi connectivity index (χ1n) is 6.36. The highest BCUT2D eigenvalue weighted by Gasteiger charge is 2.47. The molecule has 1 aliphatic heterocycles. The van der Waals surface area contributed by atoms with Gasteiger partial charge in [0.2, 0.25) is 0 Å². The Hall–Kier alpha value is -0.570. The van der Waals surface area contributed by atoms with E-state index in [1.165, 1.54) is 51.6 Å². The van der Waals surface area contributed by atoms with Gasteiger partial charge in [-0.15, -0.1) is 0 Å². The van der Waals surface area contributed by atoms with Crippen molar-refractivity contribution in [1.82, 2.24) is 4.90 Å². The van der Waals surface area contributed by atoms with E-state index in [0.717, 1.165) is 11.6 Å². The Morgan fingerprint density at radius 1 is 1.13 bits per heavy atom. The first-order valence-corrected chi connectivity index (χ1v) is 6.36. The molecule has 3 fully saturated rings. The van der Waals surface area contributed by atoms with Crippen molar-refractivity contribution in [2.45, 2.75) is 44.6 Å². The summed E-state index contributed by atoms with van der Waals surface area (Å²) in [6.45, 7) is 2.43. The van der Waals surface area contributed by atoms with Crippen molar-refractivity contribution in [3.63, 3.8) is 0 Å². The number of hydrogen-bond acceptors (Lipinski definition) is 3. The van der Waals surface area contributed by atoms with E-state index in [4.69, 9.17) is 5.21 Å². The van der Waals surface area contributed by atoms with Crippen molar-refractivity contribution in [3.05, 3.63) is 0 Å². The minimum atomic E-state index is 0.494. The van der Waals surface area contributed by atoms with E-state index < -0.39 is 0 Å². The topological polar surface area (TPSA) is 35.8 Å². The molecular weight excluding hydrogens is 188 g/mol. The highest BCUT2D eigenvalue weighted by molar-refractivity contribution is 5.94. The maximum Gasteiger partial charge on any atom is 0.0775 e. The second-order valence-electron chi connectivity index (χ2n) is 5.34. The highest BCUT2D eigenvalue weighted by Crippen LogP contribution is 2.45. The number of oxime groups is 1. The second-order valence-corrected chi connectivity index (χ2v) is 5.34. The Kier molecular flexibility index (Phi) is 2.43. The average Bonchev–Trinajstić information content (AvgIpc) is 2.89. The Morgan fingerprint density at radius 2 is 1.93 bits per heavy atom. The van der Waals surface area contributed by atoms with Crippen LogP contribution in [-0.2, 0) is 0 Å². The van der Waals surface area contributed by atoms with Crippen LogP contribution in [0.15, 0.2) is 5.16 Å². The summed E-state index contributed by atoms with van der Waals surface area (Å²) in [6.07, 6.45) is 7.92. The molecule has 2 aliphatic carbocycles. The molecule has 3 aliphatic rings. The van der Waals surface area contributed by atoms with E-state index in [9.17, 15) is 0 Å². The van der Waals surface area contributed by atoms with Gasteiger partial charge in [-0.3, -0.25) is 4.90 Å². The molecule has 2 bridgehead atoms. The van der Waals surface area contributed by atoms with Gasteiger partial charge in [0.15, 0.2) is 0 Å². The van der Waals surface area contributed by atoms with Crippen LogP contribution in [0.3, 0.4) is 0 Å². The molecule has 0 radical (unpaired) electrons. The van der Waals surface area contributed by atoms with Gasteiger partial charge in [-0.25, -0.2) is 0 Å². The van der Waals surface area contributed by atoms with Crippen molar-refractivity contribution < 1.29 is 5.21 Å². The number of hydrogen-bond donors (Lipinski definition) is 1. The summed E-state index contributed by atoms with van der Waals surface area (Å²) in [6, 6.07) is 0.494. The summed E-state index contributed by atoms with van der Waals surface area (Å²) in [5.41, 5.74) is 1.10. The largest absolute Gasteiger partial charge is 0.411 e. The normalized spacial score (nSPS) is 44.0. The van der Waals surface area contributed by atoms with Crippen molar-refractivity contribution in [2.75, 3.05) is 13.1 Å². The van der Waals surface area contributed by atoms with Crippen molar-refractivity contribution >= 4 is 5.71 Å². The van der Waals surface area contributed by atoms with Gasteiger partial charge in [0.05, 0.1) is 11.8 Å². The quantitative estimate of drug-likeness (QED) is 0.529. The molecule has 1 saturated heterocycles. The van der Waals surface area contributed by atoms with Crippen LogP contribution in [0.1, 0.15) is 38.5 Å². The molecule has 0 aromatic carbocycles. The van der Waals surface area contributed by atoms with E-state index in [2.05, 4.69) is 10.1 Å². The van der Waals surface area contributed by atoms with E-state index in [0.29, 0.717) is 12.0 Å². The molecule has 0 unspecified atom stereocenters. The summed E-state index contributed by atoms with van der Waals surface area (Å²) < 4.78 is 0. The molecule has 0 aromatic rings. The predicted octanol–water partition coefficient (Wildman–Crippen LogP) is 2.10. The summed E-state index contributed by atoms with van der Waals surface area (Å²) >= 11 is 0. The van der Waals surface area contributed by atoms with Gasteiger partial charge in [-0.2, -0.15) is 0 Å². The number of nitrogens with zero attached hydrogens (tertiary/aromatic N) is 2. The third kappa shape index (κ3) is 1.48. The third-order valence-electron chi connectivity index (χ3n) is 4.54. The fraction of sp³-hybridized carbons (Fsp3) is 0.917. The van der Waals surface area contributed by atoms with Gasteiger partial charge < -0.3 is 5.21 Å². The molecule has 84 valence electrons. The molecule has 0 spiro atoms. The molecule has 0 aromatic heterocycles. The number of fused-ring (bicyclic) bond motifs is 2. The van der Waals surface area contributed by atoms with E-state index >= 15 is 0 Å². The zero-order valence-electron chi connectivity index (χ0n) is 9.23. The Morgan fingerprint density at radius 3 is 2.67 bits per heavy atom. The van der Waals surface area contributed by atoms with Gasteiger partial charge in [0, 0.05) is 5.92 Å². The molecule has 3 atom stereocenters. The van der Waals surface area contributed by atoms with Crippen molar-refractivity contribution in [1.29, 1.82) is 0 Å². The van der Waals surface area contributed by atoms with Crippen LogP contribution in [0.25, 0.3) is 0 Å². The highest BCUT2D eigenvalue weighted by atomic mass is 16.4. The van der Waals surface area contributed by atoms with Crippen molar-refractivity contribution in [3.8, 4) is 0 Å².